The Labute approximate surface area is 91.7 Å². The van der Waals surface area contributed by atoms with Crippen LogP contribution < -0.4 is 0 Å². The van der Waals surface area contributed by atoms with Crippen LogP contribution in [0, 0.1) is 6.92 Å². The SMILES string of the molecule is CS(=O)(=O)O.[CH2-]c1ccccc1.[Zn]. The zero-order valence-corrected chi connectivity index (χ0v) is 11.3. The Kier molecular flexibility index (Phi) is 8.22. The van der Waals surface area contributed by atoms with Crippen molar-refractivity contribution in [1.82, 2.24) is 0 Å². The summed E-state index contributed by atoms with van der Waals surface area (Å²) in [6.45, 7) is 3.72. The third-order valence-electron chi connectivity index (χ3n) is 0.843. The molecule has 0 unspecified atom stereocenters. The summed E-state index contributed by atoms with van der Waals surface area (Å²) in [5, 5.41) is 0. The van der Waals surface area contributed by atoms with Gasteiger partial charge in [-0.3, -0.25) is 4.55 Å². The van der Waals surface area contributed by atoms with Crippen LogP contribution in [0.1, 0.15) is 5.56 Å². The Morgan fingerprint density at radius 3 is 1.69 bits per heavy atom. The van der Waals surface area contributed by atoms with Gasteiger partial charge in [-0.25, -0.2) is 0 Å². The van der Waals surface area contributed by atoms with Crippen molar-refractivity contribution >= 4 is 10.1 Å². The minimum atomic E-state index is -3.67. The fraction of sp³-hybridized carbons (Fsp3) is 0.125. The van der Waals surface area contributed by atoms with E-state index in [1.54, 1.807) is 0 Å². The van der Waals surface area contributed by atoms with Crippen LogP contribution in [0.15, 0.2) is 30.3 Å². The summed E-state index contributed by atoms with van der Waals surface area (Å²) in [7, 11) is -3.67. The average Bonchev–Trinajstić information content (AvgIpc) is 1.85. The summed E-state index contributed by atoms with van der Waals surface area (Å²) in [5.41, 5.74) is 1.07. The molecule has 13 heavy (non-hydrogen) atoms. The predicted molar refractivity (Wildman–Crippen MR) is 48.4 cm³/mol. The quantitative estimate of drug-likeness (QED) is 0.431. The Balaban J connectivity index is 0. The number of benzene rings is 1. The molecule has 1 aromatic rings. The monoisotopic (exact) mass is 251 g/mol. The zero-order valence-electron chi connectivity index (χ0n) is 7.47. The summed E-state index contributed by atoms with van der Waals surface area (Å²) in [6.07, 6.45) is 0.715. The smallest absolute Gasteiger partial charge is 0.261 e. The van der Waals surface area contributed by atoms with E-state index >= 15 is 0 Å². The molecule has 3 nitrogen and oxygen atoms in total. The van der Waals surface area contributed by atoms with Crippen LogP contribution in [0.5, 0.6) is 0 Å². The molecular formula is C8H11O3SZn-. The van der Waals surface area contributed by atoms with Gasteiger partial charge in [-0.15, -0.1) is 12.1 Å². The number of hydrogen-bond donors (Lipinski definition) is 1. The number of hydrogen-bond acceptors (Lipinski definition) is 2. The molecule has 0 aliphatic heterocycles. The normalized spacial score (nSPS) is 9.08. The summed E-state index contributed by atoms with van der Waals surface area (Å²) in [5.74, 6) is 0. The summed E-state index contributed by atoms with van der Waals surface area (Å²) in [6, 6.07) is 9.87. The van der Waals surface area contributed by atoms with Crippen molar-refractivity contribution in [3.05, 3.63) is 42.8 Å². The summed E-state index contributed by atoms with van der Waals surface area (Å²) in [4.78, 5) is 0. The number of rotatable bonds is 0. The van der Waals surface area contributed by atoms with E-state index in [1.807, 2.05) is 30.3 Å². The Bertz CT molecular complexity index is 299. The molecule has 70 valence electrons. The fourth-order valence-corrected chi connectivity index (χ4v) is 0.478. The van der Waals surface area contributed by atoms with Gasteiger partial charge in [0.1, 0.15) is 0 Å². The largest absolute Gasteiger partial charge is 0.286 e. The molecule has 0 amide bonds. The minimum absolute atomic E-state index is 0. The van der Waals surface area contributed by atoms with Crippen LogP contribution >= 0.6 is 0 Å². The van der Waals surface area contributed by atoms with E-state index in [4.69, 9.17) is 4.55 Å². The van der Waals surface area contributed by atoms with E-state index in [-0.39, 0.29) is 19.5 Å². The first-order valence-corrected chi connectivity index (χ1v) is 5.04. The van der Waals surface area contributed by atoms with Gasteiger partial charge < -0.3 is 0 Å². The molecule has 0 radical (unpaired) electrons. The van der Waals surface area contributed by atoms with E-state index in [0.717, 1.165) is 5.56 Å². The van der Waals surface area contributed by atoms with E-state index in [9.17, 15) is 8.42 Å². The van der Waals surface area contributed by atoms with Gasteiger partial charge >= 0.3 is 0 Å². The molecule has 0 atom stereocenters. The minimum Gasteiger partial charge on any atom is -0.286 e. The molecule has 1 N–H and O–H groups in total. The van der Waals surface area contributed by atoms with E-state index in [2.05, 4.69) is 6.92 Å². The zero-order chi connectivity index (χ0) is 9.61. The molecule has 0 saturated heterocycles. The first-order valence-electron chi connectivity index (χ1n) is 3.19. The maximum Gasteiger partial charge on any atom is 0.261 e. The molecular weight excluding hydrogens is 242 g/mol. The Hall–Kier alpha value is -0.377. The second-order valence-corrected chi connectivity index (χ2v) is 3.68. The van der Waals surface area contributed by atoms with E-state index in [1.165, 1.54) is 0 Å². The van der Waals surface area contributed by atoms with Gasteiger partial charge in [0.2, 0.25) is 0 Å². The second-order valence-electron chi connectivity index (χ2n) is 2.22. The van der Waals surface area contributed by atoms with Crippen LogP contribution in [0.4, 0.5) is 0 Å². The van der Waals surface area contributed by atoms with Crippen molar-refractivity contribution in [2.75, 3.05) is 6.26 Å². The van der Waals surface area contributed by atoms with Gasteiger partial charge in [-0.2, -0.15) is 33.0 Å². The molecule has 0 aliphatic carbocycles. The summed E-state index contributed by atoms with van der Waals surface area (Å²) < 4.78 is 25.9. The van der Waals surface area contributed by atoms with Crippen molar-refractivity contribution in [3.63, 3.8) is 0 Å². The standard InChI is InChI=1S/C7H7.CH4O3S.Zn/c1-7-5-3-2-4-6-7;1-5(2,3)4;/h2-6H,1H2;1H3,(H,2,3,4);/q-1;;. The molecule has 0 aliphatic rings. The first-order chi connectivity index (χ1) is 5.39. The van der Waals surface area contributed by atoms with Gasteiger partial charge in [-0.05, 0) is 0 Å². The van der Waals surface area contributed by atoms with E-state index in [0.29, 0.717) is 6.26 Å². The first kappa shape index (κ1) is 15.1. The van der Waals surface area contributed by atoms with Crippen LogP contribution in [-0.4, -0.2) is 19.2 Å². The molecule has 0 aromatic heterocycles. The molecule has 1 rings (SSSR count). The predicted octanol–water partition coefficient (Wildman–Crippen LogP) is 1.37. The van der Waals surface area contributed by atoms with Crippen molar-refractivity contribution in [1.29, 1.82) is 0 Å². The van der Waals surface area contributed by atoms with Crippen LogP contribution in [0.3, 0.4) is 0 Å². The van der Waals surface area contributed by atoms with Crippen molar-refractivity contribution in [3.8, 4) is 0 Å². The Morgan fingerprint density at radius 2 is 1.54 bits per heavy atom. The molecule has 0 heterocycles. The molecule has 0 saturated carbocycles. The van der Waals surface area contributed by atoms with Crippen molar-refractivity contribution in [2.24, 2.45) is 0 Å². The Morgan fingerprint density at radius 1 is 1.23 bits per heavy atom. The summed E-state index contributed by atoms with van der Waals surface area (Å²) >= 11 is 0. The van der Waals surface area contributed by atoms with Gasteiger partial charge in [0, 0.05) is 19.5 Å². The van der Waals surface area contributed by atoms with Gasteiger partial charge in [0.25, 0.3) is 10.1 Å². The van der Waals surface area contributed by atoms with Crippen LogP contribution in [0.2, 0.25) is 0 Å². The molecule has 0 spiro atoms. The third-order valence-corrected chi connectivity index (χ3v) is 0.843. The maximum absolute atomic E-state index is 9.19. The molecule has 5 heteroatoms. The third kappa shape index (κ3) is 18.5. The molecule has 0 bridgehead atoms. The van der Waals surface area contributed by atoms with Gasteiger partial charge in [0.15, 0.2) is 0 Å². The topological polar surface area (TPSA) is 54.4 Å². The van der Waals surface area contributed by atoms with Crippen molar-refractivity contribution in [2.45, 2.75) is 0 Å². The van der Waals surface area contributed by atoms with Crippen LogP contribution in [0.25, 0.3) is 0 Å². The average molecular weight is 253 g/mol. The van der Waals surface area contributed by atoms with Gasteiger partial charge in [-0.1, -0.05) is 6.07 Å². The fourth-order valence-electron chi connectivity index (χ4n) is 0.478. The second kappa shape index (κ2) is 7.07. The van der Waals surface area contributed by atoms with E-state index < -0.39 is 10.1 Å². The maximum atomic E-state index is 9.19. The molecule has 1 aromatic carbocycles. The van der Waals surface area contributed by atoms with Gasteiger partial charge in [0.05, 0.1) is 6.26 Å². The van der Waals surface area contributed by atoms with Crippen molar-refractivity contribution < 1.29 is 32.4 Å². The van der Waals surface area contributed by atoms with Crippen LogP contribution in [-0.2, 0) is 29.6 Å². The molecule has 0 fully saturated rings.